The molecule has 1 rings (SSSR count). The normalized spacial score (nSPS) is 11.6. The zero-order valence-corrected chi connectivity index (χ0v) is 9.01. The molecule has 0 atom stereocenters. The minimum Gasteiger partial charge on any atom is -0.497 e. The van der Waals surface area contributed by atoms with E-state index in [2.05, 4.69) is 5.32 Å². The molecular formula is C10H12F4N2O. The summed E-state index contributed by atoms with van der Waals surface area (Å²) in [5.41, 5.74) is 5.96. The molecule has 0 aromatic heterocycles. The zero-order valence-electron chi connectivity index (χ0n) is 9.01. The molecule has 7 heteroatoms. The molecule has 0 unspecified atom stereocenters. The van der Waals surface area contributed by atoms with Crippen molar-refractivity contribution < 1.29 is 22.3 Å². The lowest BCUT2D eigenvalue weighted by atomic mass is 10.2. The number of nitrogen functional groups attached to an aromatic ring is 1. The van der Waals surface area contributed by atoms with E-state index < -0.39 is 18.9 Å². The number of rotatable bonds is 5. The van der Waals surface area contributed by atoms with Crippen LogP contribution in [0.15, 0.2) is 18.2 Å². The van der Waals surface area contributed by atoms with Gasteiger partial charge in [-0.15, -0.1) is 0 Å². The van der Waals surface area contributed by atoms with Crippen LogP contribution in [0.4, 0.5) is 28.9 Å². The molecule has 0 saturated carbocycles. The summed E-state index contributed by atoms with van der Waals surface area (Å²) >= 11 is 0. The summed E-state index contributed by atoms with van der Waals surface area (Å²) < 4.78 is 53.9. The van der Waals surface area contributed by atoms with Crippen LogP contribution in [-0.2, 0) is 0 Å². The fourth-order valence-electron chi connectivity index (χ4n) is 1.14. The number of hydrogen-bond acceptors (Lipinski definition) is 3. The molecule has 0 aliphatic carbocycles. The average Bonchev–Trinajstić information content (AvgIpc) is 2.25. The van der Waals surface area contributed by atoms with E-state index in [4.69, 9.17) is 10.5 Å². The molecule has 1 aromatic carbocycles. The number of hydrogen-bond donors (Lipinski definition) is 2. The van der Waals surface area contributed by atoms with E-state index in [-0.39, 0.29) is 11.4 Å². The third-order valence-corrected chi connectivity index (χ3v) is 2.01. The lowest BCUT2D eigenvalue weighted by Crippen LogP contribution is -2.34. The second-order valence-electron chi connectivity index (χ2n) is 3.41. The number of halogens is 4. The summed E-state index contributed by atoms with van der Waals surface area (Å²) in [5.74, 6) is -3.73. The van der Waals surface area contributed by atoms with Crippen molar-refractivity contribution in [3.8, 4) is 5.75 Å². The van der Waals surface area contributed by atoms with E-state index in [9.17, 15) is 17.6 Å². The van der Waals surface area contributed by atoms with Gasteiger partial charge in [0, 0.05) is 23.5 Å². The van der Waals surface area contributed by atoms with Gasteiger partial charge in [-0.05, 0) is 6.07 Å². The third kappa shape index (κ3) is 3.69. The molecule has 0 amide bonds. The van der Waals surface area contributed by atoms with Crippen molar-refractivity contribution in [1.29, 1.82) is 0 Å². The van der Waals surface area contributed by atoms with Crippen molar-refractivity contribution >= 4 is 11.4 Å². The van der Waals surface area contributed by atoms with Gasteiger partial charge in [-0.25, -0.2) is 8.78 Å². The van der Waals surface area contributed by atoms with E-state index in [1.807, 2.05) is 0 Å². The molecule has 96 valence electrons. The monoisotopic (exact) mass is 252 g/mol. The second-order valence-corrected chi connectivity index (χ2v) is 3.41. The Balaban J connectivity index is 2.72. The zero-order chi connectivity index (χ0) is 13.1. The van der Waals surface area contributed by atoms with Crippen LogP contribution in [0, 0.1) is 0 Å². The largest absolute Gasteiger partial charge is 0.497 e. The van der Waals surface area contributed by atoms with Gasteiger partial charge >= 0.3 is 12.3 Å². The Morgan fingerprint density at radius 2 is 2.00 bits per heavy atom. The van der Waals surface area contributed by atoms with Gasteiger partial charge in [-0.2, -0.15) is 8.78 Å². The summed E-state index contributed by atoms with van der Waals surface area (Å²) in [7, 11) is 1.38. The van der Waals surface area contributed by atoms with Crippen molar-refractivity contribution in [3.05, 3.63) is 18.2 Å². The first-order valence-corrected chi connectivity index (χ1v) is 4.69. The lowest BCUT2D eigenvalue weighted by molar-refractivity contribution is -0.117. The van der Waals surface area contributed by atoms with Gasteiger partial charge in [0.25, 0.3) is 0 Å². The minimum atomic E-state index is -4.09. The highest BCUT2D eigenvalue weighted by atomic mass is 19.3. The molecule has 0 aliphatic rings. The maximum Gasteiger partial charge on any atom is 0.324 e. The van der Waals surface area contributed by atoms with Gasteiger partial charge in [0.2, 0.25) is 0 Å². The maximum absolute atomic E-state index is 12.6. The van der Waals surface area contributed by atoms with Crippen LogP contribution in [0.1, 0.15) is 0 Å². The van der Waals surface area contributed by atoms with Crippen molar-refractivity contribution in [1.82, 2.24) is 0 Å². The average molecular weight is 252 g/mol. The number of ether oxygens (including phenoxy) is 1. The quantitative estimate of drug-likeness (QED) is 0.625. The Morgan fingerprint density at radius 3 is 2.53 bits per heavy atom. The van der Waals surface area contributed by atoms with Crippen LogP contribution < -0.4 is 15.8 Å². The topological polar surface area (TPSA) is 47.3 Å². The molecule has 0 fully saturated rings. The van der Waals surface area contributed by atoms with E-state index in [0.717, 1.165) is 0 Å². The molecule has 0 spiro atoms. The first-order valence-electron chi connectivity index (χ1n) is 4.69. The molecule has 3 N–H and O–H groups in total. The van der Waals surface area contributed by atoms with Crippen molar-refractivity contribution in [2.75, 3.05) is 24.7 Å². The molecule has 0 aliphatic heterocycles. The SMILES string of the molecule is COc1cc(N)cc(NCC(F)(F)C(F)F)c1. The summed E-state index contributed by atoms with van der Waals surface area (Å²) in [6, 6.07) is 4.22. The van der Waals surface area contributed by atoms with Crippen LogP contribution in [0.25, 0.3) is 0 Å². The summed E-state index contributed by atoms with van der Waals surface area (Å²) in [6.07, 6.45) is -3.71. The van der Waals surface area contributed by atoms with E-state index in [1.54, 1.807) is 0 Å². The Hall–Kier alpha value is -1.66. The lowest BCUT2D eigenvalue weighted by Gasteiger charge is -2.17. The number of benzene rings is 1. The van der Waals surface area contributed by atoms with Gasteiger partial charge in [0.15, 0.2) is 0 Å². The van der Waals surface area contributed by atoms with Crippen LogP contribution >= 0.6 is 0 Å². The maximum atomic E-state index is 12.6. The Bertz CT molecular complexity index is 385. The smallest absolute Gasteiger partial charge is 0.324 e. The first kappa shape index (κ1) is 13.4. The molecule has 1 aromatic rings. The highest BCUT2D eigenvalue weighted by Crippen LogP contribution is 2.26. The van der Waals surface area contributed by atoms with Gasteiger partial charge < -0.3 is 15.8 Å². The Kier molecular flexibility index (Phi) is 4.03. The van der Waals surface area contributed by atoms with Crippen LogP contribution in [0.5, 0.6) is 5.75 Å². The molecule has 17 heavy (non-hydrogen) atoms. The fourth-order valence-corrected chi connectivity index (χ4v) is 1.14. The first-order chi connectivity index (χ1) is 7.85. The molecule has 0 saturated heterocycles. The molecule has 0 bridgehead atoms. The number of nitrogens with one attached hydrogen (secondary N) is 1. The number of methoxy groups -OCH3 is 1. The van der Waals surface area contributed by atoms with Crippen molar-refractivity contribution in [2.45, 2.75) is 12.3 Å². The van der Waals surface area contributed by atoms with Gasteiger partial charge in [0.1, 0.15) is 5.75 Å². The predicted octanol–water partition coefficient (Wildman–Crippen LogP) is 2.59. The van der Waals surface area contributed by atoms with Gasteiger partial charge in [0.05, 0.1) is 13.7 Å². The number of nitrogens with two attached hydrogens (primary N) is 1. The van der Waals surface area contributed by atoms with E-state index in [0.29, 0.717) is 5.75 Å². The molecule has 3 nitrogen and oxygen atoms in total. The van der Waals surface area contributed by atoms with Gasteiger partial charge in [-0.1, -0.05) is 0 Å². The predicted molar refractivity (Wildman–Crippen MR) is 56.8 cm³/mol. The molecule has 0 heterocycles. The Morgan fingerprint density at radius 1 is 1.35 bits per heavy atom. The van der Waals surface area contributed by atoms with Crippen LogP contribution in [0.2, 0.25) is 0 Å². The fraction of sp³-hybridized carbons (Fsp3) is 0.400. The molecular weight excluding hydrogens is 240 g/mol. The summed E-state index contributed by atoms with van der Waals surface area (Å²) in [6.45, 7) is -1.17. The standard InChI is InChI=1S/C10H12F4N2O/c1-17-8-3-6(15)2-7(4-8)16-5-10(13,14)9(11)12/h2-4,9,16H,5,15H2,1H3. The summed E-state index contributed by atoms with van der Waals surface area (Å²) in [5, 5.41) is 2.19. The highest BCUT2D eigenvalue weighted by Gasteiger charge is 2.40. The van der Waals surface area contributed by atoms with Crippen LogP contribution in [-0.4, -0.2) is 26.0 Å². The number of anilines is 2. The second kappa shape index (κ2) is 5.11. The van der Waals surface area contributed by atoms with Gasteiger partial charge in [-0.3, -0.25) is 0 Å². The minimum absolute atomic E-state index is 0.196. The van der Waals surface area contributed by atoms with E-state index >= 15 is 0 Å². The molecule has 0 radical (unpaired) electrons. The van der Waals surface area contributed by atoms with E-state index in [1.165, 1.54) is 25.3 Å². The number of alkyl halides is 4. The highest BCUT2D eigenvalue weighted by molar-refractivity contribution is 5.59. The summed E-state index contributed by atoms with van der Waals surface area (Å²) in [4.78, 5) is 0. The third-order valence-electron chi connectivity index (χ3n) is 2.01. The van der Waals surface area contributed by atoms with Crippen molar-refractivity contribution in [2.24, 2.45) is 0 Å². The van der Waals surface area contributed by atoms with Crippen LogP contribution in [0.3, 0.4) is 0 Å². The Labute approximate surface area is 95.6 Å². The van der Waals surface area contributed by atoms with Crippen molar-refractivity contribution in [3.63, 3.8) is 0 Å².